The molecule has 0 amide bonds. The summed E-state index contributed by atoms with van der Waals surface area (Å²) in [5.41, 5.74) is 0.419. The molecule has 0 aromatic heterocycles. The fourth-order valence-corrected chi connectivity index (χ4v) is 7.43. The van der Waals surface area contributed by atoms with E-state index in [1.807, 2.05) is 6.92 Å². The number of rotatable bonds is 3. The Balaban J connectivity index is 1.50. The highest BCUT2D eigenvalue weighted by Crippen LogP contribution is 2.65. The summed E-state index contributed by atoms with van der Waals surface area (Å²) in [7, 11) is 0. The summed E-state index contributed by atoms with van der Waals surface area (Å²) in [6.07, 6.45) is 10.7. The molecule has 4 saturated carbocycles. The maximum atomic E-state index is 12.5. The van der Waals surface area contributed by atoms with Crippen LogP contribution in [0.3, 0.4) is 0 Å². The zero-order valence-electron chi connectivity index (χ0n) is 16.3. The predicted octanol–water partition coefficient (Wildman–Crippen LogP) is 4.71. The van der Waals surface area contributed by atoms with Crippen LogP contribution in [-0.2, 0) is 9.53 Å². The van der Waals surface area contributed by atoms with Crippen LogP contribution in [0.2, 0.25) is 0 Å². The van der Waals surface area contributed by atoms with E-state index < -0.39 is 6.29 Å². The largest absolute Gasteiger partial charge is 0.368 e. The molecule has 0 heterocycles. The Morgan fingerprint density at radius 1 is 1.12 bits per heavy atom. The molecule has 0 radical (unpaired) electrons. The number of hydrogen-bond donors (Lipinski definition) is 1. The van der Waals surface area contributed by atoms with Crippen molar-refractivity contribution in [3.63, 3.8) is 0 Å². The number of ketones is 1. The molecule has 0 spiro atoms. The lowest BCUT2D eigenvalue weighted by atomic mass is 9.45. The van der Waals surface area contributed by atoms with Crippen LogP contribution in [0, 0.1) is 34.5 Å². The summed E-state index contributed by atoms with van der Waals surface area (Å²) < 4.78 is 5.88. The van der Waals surface area contributed by atoms with Crippen molar-refractivity contribution in [2.75, 3.05) is 0 Å². The van der Waals surface area contributed by atoms with Crippen LogP contribution in [0.4, 0.5) is 0 Å². The Bertz CT molecular complexity index is 531. The predicted molar refractivity (Wildman–Crippen MR) is 97.9 cm³/mol. The number of carbonyl (C=O) groups is 1. The molecule has 0 saturated heterocycles. The molecule has 4 unspecified atom stereocenters. The van der Waals surface area contributed by atoms with Gasteiger partial charge in [-0.1, -0.05) is 20.8 Å². The lowest BCUT2D eigenvalue weighted by Crippen LogP contribution is -2.54. The van der Waals surface area contributed by atoms with Gasteiger partial charge >= 0.3 is 0 Å². The van der Waals surface area contributed by atoms with Gasteiger partial charge in [-0.3, -0.25) is 4.79 Å². The van der Waals surface area contributed by atoms with E-state index in [-0.39, 0.29) is 11.5 Å². The quantitative estimate of drug-likeness (QED) is 0.751. The Kier molecular flexibility index (Phi) is 4.56. The first-order valence-corrected chi connectivity index (χ1v) is 10.8. The minimum Gasteiger partial charge on any atom is -0.368 e. The topological polar surface area (TPSA) is 46.5 Å². The average molecular weight is 349 g/mol. The van der Waals surface area contributed by atoms with Gasteiger partial charge in [0.2, 0.25) is 0 Å². The molecule has 3 nitrogen and oxygen atoms in total. The minimum atomic E-state index is -0.592. The molecule has 4 aliphatic carbocycles. The van der Waals surface area contributed by atoms with Crippen LogP contribution in [0.1, 0.15) is 85.0 Å². The second-order valence-electron chi connectivity index (χ2n) is 9.97. The SMILES string of the molecule is CCC(O)O[C@H]1CC[C@]2(C)C3CC[C@]4(C)C(=O)CCC4C3CC[C@H]2C1. The fraction of sp³-hybridized carbons (Fsp3) is 0.955. The zero-order chi connectivity index (χ0) is 17.8. The van der Waals surface area contributed by atoms with Crippen LogP contribution in [0.25, 0.3) is 0 Å². The number of Topliss-reactive ketones (excluding diaryl/α,β-unsaturated/α-hetero) is 1. The third-order valence-corrected chi connectivity index (χ3v) is 9.03. The second kappa shape index (κ2) is 6.34. The number of ether oxygens (including phenoxy) is 1. The number of hydrogen-bond acceptors (Lipinski definition) is 3. The number of fused-ring (bicyclic) bond motifs is 5. The maximum absolute atomic E-state index is 12.5. The Hall–Kier alpha value is -0.410. The molecule has 4 rings (SSSR count). The first kappa shape index (κ1) is 18.0. The van der Waals surface area contributed by atoms with Crippen molar-refractivity contribution >= 4 is 5.78 Å². The van der Waals surface area contributed by atoms with Crippen LogP contribution >= 0.6 is 0 Å². The van der Waals surface area contributed by atoms with Crippen LogP contribution in [-0.4, -0.2) is 23.3 Å². The summed E-state index contributed by atoms with van der Waals surface area (Å²) in [5, 5.41) is 9.86. The monoisotopic (exact) mass is 348 g/mol. The average Bonchev–Trinajstić information content (AvgIpc) is 2.90. The van der Waals surface area contributed by atoms with Crippen molar-refractivity contribution in [1.29, 1.82) is 0 Å². The third kappa shape index (κ3) is 2.72. The van der Waals surface area contributed by atoms with Gasteiger partial charge in [-0.25, -0.2) is 0 Å². The number of aliphatic hydroxyl groups is 1. The van der Waals surface area contributed by atoms with E-state index in [1.54, 1.807) is 0 Å². The van der Waals surface area contributed by atoms with Gasteiger partial charge < -0.3 is 9.84 Å². The van der Waals surface area contributed by atoms with E-state index in [9.17, 15) is 9.90 Å². The number of aliphatic hydroxyl groups excluding tert-OH is 1. The van der Waals surface area contributed by atoms with Crippen molar-refractivity contribution < 1.29 is 14.6 Å². The molecule has 1 N–H and O–H groups in total. The Morgan fingerprint density at radius 2 is 1.92 bits per heavy atom. The molecule has 142 valence electrons. The van der Waals surface area contributed by atoms with Crippen molar-refractivity contribution in [3.05, 3.63) is 0 Å². The molecule has 0 aromatic carbocycles. The molecule has 0 aromatic rings. The van der Waals surface area contributed by atoms with Gasteiger partial charge in [0, 0.05) is 11.8 Å². The summed E-state index contributed by atoms with van der Waals surface area (Å²) in [6, 6.07) is 0. The van der Waals surface area contributed by atoms with Crippen LogP contribution in [0.5, 0.6) is 0 Å². The van der Waals surface area contributed by atoms with Gasteiger partial charge in [0.25, 0.3) is 0 Å². The molecule has 8 atom stereocenters. The Morgan fingerprint density at radius 3 is 2.68 bits per heavy atom. The van der Waals surface area contributed by atoms with Gasteiger partial charge in [0.05, 0.1) is 6.10 Å². The van der Waals surface area contributed by atoms with Gasteiger partial charge in [0.1, 0.15) is 5.78 Å². The molecular formula is C22H36O3. The first-order valence-electron chi connectivity index (χ1n) is 10.8. The Labute approximate surface area is 152 Å². The molecule has 0 aliphatic heterocycles. The summed E-state index contributed by atoms with van der Waals surface area (Å²) >= 11 is 0. The first-order chi connectivity index (χ1) is 11.9. The van der Waals surface area contributed by atoms with Crippen molar-refractivity contribution in [2.24, 2.45) is 34.5 Å². The summed E-state index contributed by atoms with van der Waals surface area (Å²) in [6.45, 7) is 6.79. The summed E-state index contributed by atoms with van der Waals surface area (Å²) in [4.78, 5) is 12.5. The van der Waals surface area contributed by atoms with Crippen molar-refractivity contribution in [1.82, 2.24) is 0 Å². The van der Waals surface area contributed by atoms with Crippen molar-refractivity contribution in [2.45, 2.75) is 97.4 Å². The van der Waals surface area contributed by atoms with Gasteiger partial charge in [-0.05, 0) is 86.9 Å². The van der Waals surface area contributed by atoms with E-state index in [2.05, 4.69) is 13.8 Å². The molecule has 4 fully saturated rings. The normalized spacial score (nSPS) is 50.7. The van der Waals surface area contributed by atoms with E-state index in [0.29, 0.717) is 23.5 Å². The van der Waals surface area contributed by atoms with E-state index in [4.69, 9.17) is 4.74 Å². The highest BCUT2D eigenvalue weighted by atomic mass is 16.6. The van der Waals surface area contributed by atoms with Gasteiger partial charge in [-0.2, -0.15) is 0 Å². The van der Waals surface area contributed by atoms with E-state index >= 15 is 0 Å². The standard InChI is InChI=1S/C22H36O3/c1-4-20(24)25-15-9-11-21(2)14(13-15)5-6-16-17-7-8-19(23)22(17,3)12-10-18(16)21/h14-18,20,24H,4-13H2,1-3H3/t14-,15-,16?,17?,18?,20?,21-,22-/m0/s1. The smallest absolute Gasteiger partial charge is 0.154 e. The van der Waals surface area contributed by atoms with Gasteiger partial charge in [0.15, 0.2) is 6.29 Å². The zero-order valence-corrected chi connectivity index (χ0v) is 16.3. The third-order valence-electron chi connectivity index (χ3n) is 9.03. The second-order valence-corrected chi connectivity index (χ2v) is 9.97. The molecule has 3 heteroatoms. The minimum absolute atomic E-state index is 0.00406. The molecule has 0 bridgehead atoms. The van der Waals surface area contributed by atoms with Crippen molar-refractivity contribution in [3.8, 4) is 0 Å². The molecule has 25 heavy (non-hydrogen) atoms. The molecule has 4 aliphatic rings. The van der Waals surface area contributed by atoms with E-state index in [0.717, 1.165) is 49.9 Å². The highest BCUT2D eigenvalue weighted by Gasteiger charge is 2.60. The lowest BCUT2D eigenvalue weighted by Gasteiger charge is -2.60. The van der Waals surface area contributed by atoms with E-state index in [1.165, 1.54) is 25.7 Å². The highest BCUT2D eigenvalue weighted by molar-refractivity contribution is 5.87. The van der Waals surface area contributed by atoms with Crippen LogP contribution in [0.15, 0.2) is 0 Å². The lowest BCUT2D eigenvalue weighted by molar-refractivity contribution is -0.180. The summed E-state index contributed by atoms with van der Waals surface area (Å²) in [5.74, 6) is 3.50. The maximum Gasteiger partial charge on any atom is 0.154 e. The van der Waals surface area contributed by atoms with Gasteiger partial charge in [-0.15, -0.1) is 0 Å². The molecular weight excluding hydrogens is 312 g/mol. The fourth-order valence-electron chi connectivity index (χ4n) is 7.43. The number of carbonyl (C=O) groups excluding carboxylic acids is 1. The van der Waals surface area contributed by atoms with Crippen LogP contribution < -0.4 is 0 Å².